The van der Waals surface area contributed by atoms with Crippen LogP contribution in [-0.2, 0) is 9.84 Å². The molecule has 0 aromatic carbocycles. The second-order valence-electron chi connectivity index (χ2n) is 3.05. The first kappa shape index (κ1) is 10.8. The minimum Gasteiger partial charge on any atom is -0.299 e. The van der Waals surface area contributed by atoms with Crippen molar-refractivity contribution in [2.45, 2.75) is 5.38 Å². The van der Waals surface area contributed by atoms with Crippen LogP contribution < -0.4 is 0 Å². The van der Waals surface area contributed by atoms with Gasteiger partial charge in [-0.1, -0.05) is 0 Å². The van der Waals surface area contributed by atoms with E-state index in [1.165, 1.54) is 0 Å². The van der Waals surface area contributed by atoms with Crippen LogP contribution in [0, 0.1) is 11.3 Å². The SMILES string of the molecule is N#CC(Cl)CN1CCS(=O)(=O)CC1. The van der Waals surface area contributed by atoms with E-state index < -0.39 is 15.2 Å². The Bertz CT molecular complexity index is 295. The molecule has 0 bridgehead atoms. The number of hydrogen-bond acceptors (Lipinski definition) is 4. The molecule has 13 heavy (non-hydrogen) atoms. The third-order valence-electron chi connectivity index (χ3n) is 2.00. The van der Waals surface area contributed by atoms with Crippen LogP contribution in [0.1, 0.15) is 0 Å². The summed E-state index contributed by atoms with van der Waals surface area (Å²) in [5, 5.41) is 7.90. The Hall–Kier alpha value is -0.310. The lowest BCUT2D eigenvalue weighted by Gasteiger charge is -2.26. The normalized spacial score (nSPS) is 24.9. The molecule has 0 amide bonds. The van der Waals surface area contributed by atoms with Crippen molar-refractivity contribution in [2.24, 2.45) is 0 Å². The Morgan fingerprint density at radius 2 is 2.00 bits per heavy atom. The molecule has 1 rings (SSSR count). The Labute approximate surface area is 83.0 Å². The first-order chi connectivity index (χ1) is 6.03. The van der Waals surface area contributed by atoms with E-state index in [9.17, 15) is 8.42 Å². The lowest BCUT2D eigenvalue weighted by atomic mass is 10.4. The highest BCUT2D eigenvalue weighted by Gasteiger charge is 2.22. The average Bonchev–Trinajstić information content (AvgIpc) is 2.08. The lowest BCUT2D eigenvalue weighted by Crippen LogP contribution is -2.42. The quantitative estimate of drug-likeness (QED) is 0.610. The lowest BCUT2D eigenvalue weighted by molar-refractivity contribution is 0.304. The fraction of sp³-hybridized carbons (Fsp3) is 0.857. The monoisotopic (exact) mass is 222 g/mol. The van der Waals surface area contributed by atoms with E-state index in [1.807, 2.05) is 11.0 Å². The van der Waals surface area contributed by atoms with Crippen molar-refractivity contribution >= 4 is 21.4 Å². The van der Waals surface area contributed by atoms with Crippen molar-refractivity contribution in [2.75, 3.05) is 31.1 Å². The van der Waals surface area contributed by atoms with E-state index in [2.05, 4.69) is 0 Å². The van der Waals surface area contributed by atoms with E-state index >= 15 is 0 Å². The predicted octanol–water partition coefficient (Wildman–Crippen LogP) is -0.152. The summed E-state index contributed by atoms with van der Waals surface area (Å²) in [7, 11) is -2.83. The predicted molar refractivity (Wildman–Crippen MR) is 50.3 cm³/mol. The molecular weight excluding hydrogens is 212 g/mol. The number of rotatable bonds is 2. The zero-order valence-corrected chi connectivity index (χ0v) is 8.68. The molecule has 0 N–H and O–H groups in total. The molecule has 6 heteroatoms. The molecule has 1 aliphatic rings. The summed E-state index contributed by atoms with van der Waals surface area (Å²) in [4.78, 5) is 1.90. The van der Waals surface area contributed by atoms with Crippen LogP contribution in [0.3, 0.4) is 0 Å². The molecule has 0 aromatic rings. The van der Waals surface area contributed by atoms with Crippen LogP contribution in [0.5, 0.6) is 0 Å². The molecular formula is C7H11ClN2O2S. The molecule has 1 unspecified atom stereocenters. The fourth-order valence-corrected chi connectivity index (χ4v) is 2.67. The van der Waals surface area contributed by atoms with Crippen LogP contribution in [0.2, 0.25) is 0 Å². The number of nitriles is 1. The molecule has 74 valence electrons. The van der Waals surface area contributed by atoms with Gasteiger partial charge in [0.2, 0.25) is 0 Å². The van der Waals surface area contributed by atoms with Crippen molar-refractivity contribution in [3.8, 4) is 6.07 Å². The average molecular weight is 223 g/mol. The summed E-state index contributed by atoms with van der Waals surface area (Å²) in [6.45, 7) is 1.44. The van der Waals surface area contributed by atoms with Gasteiger partial charge in [0.15, 0.2) is 9.84 Å². The largest absolute Gasteiger partial charge is 0.299 e. The summed E-state index contributed by atoms with van der Waals surface area (Å²) < 4.78 is 22.1. The molecule has 0 aromatic heterocycles. The second-order valence-corrected chi connectivity index (χ2v) is 5.88. The molecule has 1 atom stereocenters. The van der Waals surface area contributed by atoms with Crippen LogP contribution in [0.15, 0.2) is 0 Å². The van der Waals surface area contributed by atoms with Gasteiger partial charge in [0.05, 0.1) is 17.6 Å². The van der Waals surface area contributed by atoms with Crippen molar-refractivity contribution < 1.29 is 8.42 Å². The van der Waals surface area contributed by atoms with Gasteiger partial charge in [0.25, 0.3) is 0 Å². The van der Waals surface area contributed by atoms with Crippen molar-refractivity contribution in [1.29, 1.82) is 5.26 Å². The summed E-state index contributed by atoms with van der Waals surface area (Å²) in [5.41, 5.74) is 0. The van der Waals surface area contributed by atoms with Crippen LogP contribution in [-0.4, -0.2) is 49.8 Å². The maximum absolute atomic E-state index is 11.0. The molecule has 1 heterocycles. The van der Waals surface area contributed by atoms with Gasteiger partial charge >= 0.3 is 0 Å². The van der Waals surface area contributed by atoms with Crippen molar-refractivity contribution in [3.05, 3.63) is 0 Å². The third-order valence-corrected chi connectivity index (χ3v) is 3.84. The van der Waals surface area contributed by atoms with Gasteiger partial charge in [-0.3, -0.25) is 4.90 Å². The number of halogens is 1. The Kier molecular flexibility index (Phi) is 3.54. The second kappa shape index (κ2) is 4.27. The molecule has 0 saturated carbocycles. The minimum absolute atomic E-state index is 0.183. The highest BCUT2D eigenvalue weighted by atomic mass is 35.5. The summed E-state index contributed by atoms with van der Waals surface area (Å²) >= 11 is 5.62. The van der Waals surface area contributed by atoms with E-state index in [1.54, 1.807) is 0 Å². The van der Waals surface area contributed by atoms with Gasteiger partial charge in [-0.05, 0) is 0 Å². The Morgan fingerprint density at radius 3 is 2.46 bits per heavy atom. The first-order valence-electron chi connectivity index (χ1n) is 4.00. The van der Waals surface area contributed by atoms with Gasteiger partial charge in [-0.15, -0.1) is 11.6 Å². The van der Waals surface area contributed by atoms with Gasteiger partial charge in [-0.25, -0.2) is 8.42 Å². The molecule has 1 aliphatic heterocycles. The number of alkyl halides is 1. The number of sulfone groups is 1. The zero-order valence-electron chi connectivity index (χ0n) is 7.11. The van der Waals surface area contributed by atoms with Gasteiger partial charge in [0.1, 0.15) is 5.38 Å². The topological polar surface area (TPSA) is 61.2 Å². The smallest absolute Gasteiger partial charge is 0.152 e. The van der Waals surface area contributed by atoms with Crippen molar-refractivity contribution in [1.82, 2.24) is 4.90 Å². The molecule has 0 aliphatic carbocycles. The number of nitrogens with zero attached hydrogens (tertiary/aromatic N) is 2. The highest BCUT2D eigenvalue weighted by Crippen LogP contribution is 2.06. The summed E-state index contributed by atoms with van der Waals surface area (Å²) in [5.74, 6) is 0.365. The van der Waals surface area contributed by atoms with E-state index in [-0.39, 0.29) is 11.5 Å². The van der Waals surface area contributed by atoms with E-state index in [0.717, 1.165) is 0 Å². The van der Waals surface area contributed by atoms with E-state index in [4.69, 9.17) is 16.9 Å². The van der Waals surface area contributed by atoms with Gasteiger partial charge in [-0.2, -0.15) is 5.26 Å². The zero-order chi connectivity index (χ0) is 9.90. The molecule has 4 nitrogen and oxygen atoms in total. The summed E-state index contributed by atoms with van der Waals surface area (Å²) in [6.07, 6.45) is 0. The first-order valence-corrected chi connectivity index (χ1v) is 6.26. The van der Waals surface area contributed by atoms with Crippen LogP contribution in [0.25, 0.3) is 0 Å². The maximum Gasteiger partial charge on any atom is 0.152 e. The maximum atomic E-state index is 11.0. The molecule has 1 saturated heterocycles. The minimum atomic E-state index is -2.83. The molecule has 1 fully saturated rings. The van der Waals surface area contributed by atoms with E-state index in [0.29, 0.717) is 19.6 Å². The molecule has 0 spiro atoms. The fourth-order valence-electron chi connectivity index (χ4n) is 1.20. The number of hydrogen-bond donors (Lipinski definition) is 0. The Morgan fingerprint density at radius 1 is 1.46 bits per heavy atom. The van der Waals surface area contributed by atoms with Gasteiger partial charge in [0, 0.05) is 19.6 Å². The standard InChI is InChI=1S/C7H11ClN2O2S/c8-7(5-9)6-10-1-3-13(11,12)4-2-10/h7H,1-4,6H2. The molecule has 0 radical (unpaired) electrons. The Balaban J connectivity index is 2.39. The third kappa shape index (κ3) is 3.51. The van der Waals surface area contributed by atoms with Crippen LogP contribution >= 0.6 is 11.6 Å². The highest BCUT2D eigenvalue weighted by molar-refractivity contribution is 7.91. The van der Waals surface area contributed by atoms with Gasteiger partial charge < -0.3 is 0 Å². The van der Waals surface area contributed by atoms with Crippen LogP contribution in [0.4, 0.5) is 0 Å². The van der Waals surface area contributed by atoms with Crippen molar-refractivity contribution in [3.63, 3.8) is 0 Å². The summed E-state index contributed by atoms with van der Waals surface area (Å²) in [6, 6.07) is 1.91.